The molecule has 1 atom stereocenters. The minimum atomic E-state index is -0.762. The van der Waals surface area contributed by atoms with Crippen molar-refractivity contribution in [3.8, 4) is 0 Å². The lowest BCUT2D eigenvalue weighted by molar-refractivity contribution is -0.122. The fraction of sp³-hybridized carbons (Fsp3) is 0.290. The molecule has 0 spiro atoms. The Morgan fingerprint density at radius 3 is 2.08 bits per heavy atom. The lowest BCUT2D eigenvalue weighted by atomic mass is 9.95. The number of urea groups is 1. The van der Waals surface area contributed by atoms with Gasteiger partial charge in [-0.2, -0.15) is 5.01 Å². The van der Waals surface area contributed by atoms with Crippen LogP contribution in [0.2, 0.25) is 0 Å². The first-order chi connectivity index (χ1) is 19.4. The zero-order valence-corrected chi connectivity index (χ0v) is 22.3. The molecular formula is C31H31N5O4. The third kappa shape index (κ3) is 4.78. The number of rotatable bonds is 6. The average Bonchev–Trinajstić information content (AvgIpc) is 3.20. The van der Waals surface area contributed by atoms with E-state index in [0.29, 0.717) is 6.54 Å². The quantitative estimate of drug-likeness (QED) is 0.485. The van der Waals surface area contributed by atoms with Gasteiger partial charge in [-0.25, -0.2) is 9.80 Å². The van der Waals surface area contributed by atoms with Gasteiger partial charge >= 0.3 is 6.03 Å². The predicted molar refractivity (Wildman–Crippen MR) is 148 cm³/mol. The molecule has 0 aliphatic carbocycles. The summed E-state index contributed by atoms with van der Waals surface area (Å²) < 4.78 is 0. The Hall–Kier alpha value is -4.34. The Labute approximate surface area is 232 Å². The molecule has 2 saturated heterocycles. The standard InChI is InChI=1S/C31H31N5O4/c1-21-19-34(28(23-8-4-2-5-9-23)24-10-6-3-7-11-24)17-16-33(21)20-22-12-13-25-26(18-22)30(39)36(29(25)38)35-15-14-27(37)32-31(35)40/h2-13,18,21,28H,14-17,19-20H2,1H3,(H,32,37,40)/t21-/m1/s1. The number of fused-ring (bicyclic) bond motifs is 1. The summed E-state index contributed by atoms with van der Waals surface area (Å²) in [5, 5.41) is 4.04. The number of hydrogen-bond acceptors (Lipinski definition) is 6. The summed E-state index contributed by atoms with van der Waals surface area (Å²) in [6.07, 6.45) is 0.0314. The maximum atomic E-state index is 13.2. The molecule has 5 amide bonds. The van der Waals surface area contributed by atoms with Crippen molar-refractivity contribution < 1.29 is 19.2 Å². The second kappa shape index (κ2) is 10.7. The van der Waals surface area contributed by atoms with Crippen molar-refractivity contribution in [1.82, 2.24) is 25.1 Å². The Morgan fingerprint density at radius 1 is 0.800 bits per heavy atom. The van der Waals surface area contributed by atoms with Crippen LogP contribution >= 0.6 is 0 Å². The van der Waals surface area contributed by atoms with Gasteiger partial charge in [-0.3, -0.25) is 29.5 Å². The maximum Gasteiger partial charge on any atom is 0.343 e. The first kappa shape index (κ1) is 25.9. The van der Waals surface area contributed by atoms with Crippen LogP contribution in [0, 0.1) is 0 Å². The summed E-state index contributed by atoms with van der Waals surface area (Å²) in [4.78, 5) is 55.0. The summed E-state index contributed by atoms with van der Waals surface area (Å²) in [6, 6.07) is 26.2. The molecule has 2 fully saturated rings. The zero-order chi connectivity index (χ0) is 27.8. The number of nitrogens with one attached hydrogen (secondary N) is 1. The monoisotopic (exact) mass is 537 g/mol. The second-order valence-electron chi connectivity index (χ2n) is 10.6. The molecular weight excluding hydrogens is 506 g/mol. The van der Waals surface area contributed by atoms with E-state index in [1.54, 1.807) is 12.1 Å². The Bertz CT molecular complexity index is 1420. The van der Waals surface area contributed by atoms with Crippen molar-refractivity contribution in [2.24, 2.45) is 0 Å². The van der Waals surface area contributed by atoms with Gasteiger partial charge in [0.15, 0.2) is 0 Å². The Kier molecular flexibility index (Phi) is 6.91. The molecule has 3 aliphatic rings. The highest BCUT2D eigenvalue weighted by molar-refractivity contribution is 6.22. The van der Waals surface area contributed by atoms with Crippen LogP contribution in [-0.4, -0.2) is 75.8 Å². The predicted octanol–water partition coefficient (Wildman–Crippen LogP) is 3.44. The molecule has 3 heterocycles. The number of piperazine rings is 1. The van der Waals surface area contributed by atoms with Gasteiger partial charge in [0.05, 0.1) is 23.7 Å². The van der Waals surface area contributed by atoms with Gasteiger partial charge in [0.1, 0.15) is 0 Å². The number of carbonyl (C=O) groups excluding carboxylic acids is 4. The van der Waals surface area contributed by atoms with Crippen LogP contribution in [0.15, 0.2) is 78.9 Å². The summed E-state index contributed by atoms with van der Waals surface area (Å²) in [7, 11) is 0. The molecule has 1 N–H and O–H groups in total. The summed E-state index contributed by atoms with van der Waals surface area (Å²) >= 11 is 0. The van der Waals surface area contributed by atoms with E-state index in [9.17, 15) is 19.2 Å². The van der Waals surface area contributed by atoms with E-state index >= 15 is 0 Å². The highest BCUT2D eigenvalue weighted by Gasteiger charge is 2.43. The molecule has 204 valence electrons. The van der Waals surface area contributed by atoms with E-state index < -0.39 is 23.8 Å². The zero-order valence-electron chi connectivity index (χ0n) is 22.3. The van der Waals surface area contributed by atoms with E-state index in [4.69, 9.17) is 0 Å². The number of benzene rings is 3. The first-order valence-corrected chi connectivity index (χ1v) is 13.6. The minimum Gasteiger partial charge on any atom is -0.294 e. The lowest BCUT2D eigenvalue weighted by Crippen LogP contribution is -2.58. The Morgan fingerprint density at radius 2 is 1.45 bits per heavy atom. The minimum absolute atomic E-state index is 0.0161. The van der Waals surface area contributed by atoms with Crippen LogP contribution in [0.4, 0.5) is 4.79 Å². The van der Waals surface area contributed by atoms with Crippen LogP contribution in [0.25, 0.3) is 0 Å². The second-order valence-corrected chi connectivity index (χ2v) is 10.6. The van der Waals surface area contributed by atoms with E-state index in [1.807, 2.05) is 18.2 Å². The molecule has 3 aliphatic heterocycles. The maximum absolute atomic E-state index is 13.2. The van der Waals surface area contributed by atoms with Gasteiger partial charge in [0.2, 0.25) is 5.91 Å². The van der Waals surface area contributed by atoms with Crippen LogP contribution in [0.3, 0.4) is 0 Å². The lowest BCUT2D eigenvalue weighted by Gasteiger charge is -2.43. The van der Waals surface area contributed by atoms with Crippen molar-refractivity contribution in [1.29, 1.82) is 0 Å². The fourth-order valence-corrected chi connectivity index (χ4v) is 5.95. The van der Waals surface area contributed by atoms with E-state index in [0.717, 1.165) is 35.2 Å². The van der Waals surface area contributed by atoms with E-state index in [1.165, 1.54) is 11.1 Å². The molecule has 0 radical (unpaired) electrons. The number of amides is 5. The summed E-state index contributed by atoms with van der Waals surface area (Å²) in [5.41, 5.74) is 4.03. The number of hydrazine groups is 1. The fourth-order valence-electron chi connectivity index (χ4n) is 5.95. The SMILES string of the molecule is C[C@@H]1CN(C(c2ccccc2)c2ccccc2)CCN1Cc1ccc2c(c1)C(=O)N(N1CCC(=O)NC1=O)C2=O. The summed E-state index contributed by atoms with van der Waals surface area (Å²) in [5.74, 6) is -1.52. The van der Waals surface area contributed by atoms with Gasteiger partial charge in [0.25, 0.3) is 11.8 Å². The van der Waals surface area contributed by atoms with Crippen molar-refractivity contribution in [2.45, 2.75) is 32.0 Å². The third-order valence-electron chi connectivity index (χ3n) is 7.98. The number of nitrogens with zero attached hydrogens (tertiary/aromatic N) is 4. The molecule has 6 rings (SSSR count). The van der Waals surface area contributed by atoms with Crippen LogP contribution in [-0.2, 0) is 11.3 Å². The highest BCUT2D eigenvalue weighted by atomic mass is 16.2. The smallest absolute Gasteiger partial charge is 0.294 e. The topological polar surface area (TPSA) is 93.3 Å². The molecule has 3 aromatic rings. The van der Waals surface area contributed by atoms with Crippen LogP contribution < -0.4 is 5.32 Å². The normalized spacial score (nSPS) is 20.3. The van der Waals surface area contributed by atoms with Crippen LogP contribution in [0.1, 0.15) is 56.8 Å². The summed E-state index contributed by atoms with van der Waals surface area (Å²) in [6.45, 7) is 5.47. The van der Waals surface area contributed by atoms with Crippen molar-refractivity contribution in [2.75, 3.05) is 26.2 Å². The molecule has 0 saturated carbocycles. The average molecular weight is 538 g/mol. The van der Waals surface area contributed by atoms with E-state index in [-0.39, 0.29) is 36.2 Å². The number of hydrogen-bond donors (Lipinski definition) is 1. The largest absolute Gasteiger partial charge is 0.343 e. The van der Waals surface area contributed by atoms with Crippen molar-refractivity contribution >= 4 is 23.8 Å². The molecule has 0 aromatic heterocycles. The van der Waals surface area contributed by atoms with Gasteiger partial charge in [0, 0.05) is 38.6 Å². The number of imide groups is 2. The van der Waals surface area contributed by atoms with Crippen LogP contribution in [0.5, 0.6) is 0 Å². The molecule has 3 aromatic carbocycles. The van der Waals surface area contributed by atoms with Crippen molar-refractivity contribution in [3.05, 3.63) is 107 Å². The van der Waals surface area contributed by atoms with Crippen molar-refractivity contribution in [3.63, 3.8) is 0 Å². The highest BCUT2D eigenvalue weighted by Crippen LogP contribution is 2.32. The van der Waals surface area contributed by atoms with Gasteiger partial charge in [-0.05, 0) is 35.7 Å². The first-order valence-electron chi connectivity index (χ1n) is 13.6. The molecule has 9 nitrogen and oxygen atoms in total. The van der Waals surface area contributed by atoms with Gasteiger partial charge in [-0.15, -0.1) is 0 Å². The van der Waals surface area contributed by atoms with Gasteiger partial charge in [-0.1, -0.05) is 66.7 Å². The van der Waals surface area contributed by atoms with Gasteiger partial charge < -0.3 is 0 Å². The molecule has 9 heteroatoms. The molecule has 40 heavy (non-hydrogen) atoms. The Balaban J connectivity index is 1.16. The molecule has 0 bridgehead atoms. The van der Waals surface area contributed by atoms with E-state index in [2.05, 4.69) is 70.6 Å². The molecule has 0 unspecified atom stereocenters. The number of carbonyl (C=O) groups is 4. The third-order valence-corrected chi connectivity index (χ3v) is 7.98.